The van der Waals surface area contributed by atoms with Crippen molar-refractivity contribution in [1.82, 2.24) is 4.90 Å². The maximum absolute atomic E-state index is 11.7. The Morgan fingerprint density at radius 2 is 1.78 bits per heavy atom. The van der Waals surface area contributed by atoms with Crippen LogP contribution in [0.1, 0.15) is 26.2 Å². The van der Waals surface area contributed by atoms with E-state index in [1.807, 2.05) is 25.2 Å². The Morgan fingerprint density at radius 1 is 1.11 bits per heavy atom. The number of epoxide rings is 1. The summed E-state index contributed by atoms with van der Waals surface area (Å²) in [5.41, 5.74) is 0. The Bertz CT molecular complexity index is 358. The monoisotopic (exact) mass is 251 g/mol. The number of allylic oxidation sites excluding steroid dienone is 4. The van der Waals surface area contributed by atoms with Crippen LogP contribution in [0.25, 0.3) is 0 Å². The SMILES string of the molecule is C/C=C/CC/C=C/CC(=O)C1OC1C(=O)N(C)C. The van der Waals surface area contributed by atoms with Gasteiger partial charge in [0.1, 0.15) is 0 Å². The quantitative estimate of drug-likeness (QED) is 0.393. The van der Waals surface area contributed by atoms with Crippen molar-refractivity contribution in [3.05, 3.63) is 24.3 Å². The van der Waals surface area contributed by atoms with E-state index in [0.29, 0.717) is 6.42 Å². The van der Waals surface area contributed by atoms with Crippen molar-refractivity contribution < 1.29 is 14.3 Å². The van der Waals surface area contributed by atoms with Gasteiger partial charge in [-0.2, -0.15) is 0 Å². The van der Waals surface area contributed by atoms with Gasteiger partial charge < -0.3 is 9.64 Å². The average molecular weight is 251 g/mol. The summed E-state index contributed by atoms with van der Waals surface area (Å²) in [5.74, 6) is -0.150. The molecule has 0 aromatic carbocycles. The molecule has 1 aliphatic rings. The van der Waals surface area contributed by atoms with E-state index in [4.69, 9.17) is 4.74 Å². The minimum atomic E-state index is -0.552. The van der Waals surface area contributed by atoms with Crippen LogP contribution in [0.3, 0.4) is 0 Å². The molecule has 1 saturated heterocycles. The number of rotatable bonds is 7. The third kappa shape index (κ3) is 4.45. The van der Waals surface area contributed by atoms with Crippen molar-refractivity contribution in [2.75, 3.05) is 14.1 Å². The number of hydrogen-bond donors (Lipinski definition) is 0. The molecule has 4 nitrogen and oxygen atoms in total. The van der Waals surface area contributed by atoms with Crippen LogP contribution < -0.4 is 0 Å². The first-order valence-electron chi connectivity index (χ1n) is 6.23. The average Bonchev–Trinajstić information content (AvgIpc) is 3.12. The number of Topliss-reactive ketones (excluding diaryl/α,β-unsaturated/α-hetero) is 1. The number of nitrogens with zero attached hydrogens (tertiary/aromatic N) is 1. The molecule has 4 heteroatoms. The molecule has 100 valence electrons. The lowest BCUT2D eigenvalue weighted by Crippen LogP contribution is -2.29. The molecular weight excluding hydrogens is 230 g/mol. The van der Waals surface area contributed by atoms with Gasteiger partial charge in [-0.25, -0.2) is 0 Å². The van der Waals surface area contributed by atoms with Gasteiger partial charge in [0.25, 0.3) is 5.91 Å². The Hall–Kier alpha value is -1.42. The highest BCUT2D eigenvalue weighted by atomic mass is 16.6. The number of ketones is 1. The van der Waals surface area contributed by atoms with Crippen LogP contribution in [0.4, 0.5) is 0 Å². The van der Waals surface area contributed by atoms with E-state index >= 15 is 0 Å². The molecule has 0 bridgehead atoms. The fourth-order valence-corrected chi connectivity index (χ4v) is 1.59. The molecule has 2 unspecified atom stereocenters. The van der Waals surface area contributed by atoms with E-state index < -0.39 is 12.2 Å². The molecule has 2 atom stereocenters. The molecule has 1 heterocycles. The fourth-order valence-electron chi connectivity index (χ4n) is 1.59. The zero-order valence-corrected chi connectivity index (χ0v) is 11.3. The Morgan fingerprint density at radius 3 is 2.39 bits per heavy atom. The lowest BCUT2D eigenvalue weighted by atomic mass is 10.1. The summed E-state index contributed by atoms with van der Waals surface area (Å²) >= 11 is 0. The topological polar surface area (TPSA) is 49.9 Å². The number of hydrogen-bond acceptors (Lipinski definition) is 3. The van der Waals surface area contributed by atoms with Crippen LogP contribution in [0.15, 0.2) is 24.3 Å². The molecule has 1 rings (SSSR count). The van der Waals surface area contributed by atoms with Crippen LogP contribution in [-0.2, 0) is 14.3 Å². The zero-order chi connectivity index (χ0) is 13.5. The van der Waals surface area contributed by atoms with Gasteiger partial charge in [-0.15, -0.1) is 0 Å². The Labute approximate surface area is 108 Å². The van der Waals surface area contributed by atoms with E-state index in [9.17, 15) is 9.59 Å². The first-order valence-corrected chi connectivity index (χ1v) is 6.23. The molecular formula is C14H21NO3. The van der Waals surface area contributed by atoms with Crippen molar-refractivity contribution in [2.24, 2.45) is 0 Å². The number of carbonyl (C=O) groups excluding carboxylic acids is 2. The highest BCUT2D eigenvalue weighted by molar-refractivity contribution is 5.96. The summed E-state index contributed by atoms with van der Waals surface area (Å²) in [6, 6.07) is 0. The summed E-state index contributed by atoms with van der Waals surface area (Å²) in [5, 5.41) is 0. The highest BCUT2D eigenvalue weighted by Crippen LogP contribution is 2.25. The minimum absolute atomic E-state index is 0.0162. The molecule has 0 spiro atoms. The number of ether oxygens (including phenoxy) is 1. The van der Waals surface area contributed by atoms with E-state index in [2.05, 4.69) is 6.08 Å². The highest BCUT2D eigenvalue weighted by Gasteiger charge is 2.49. The van der Waals surface area contributed by atoms with Crippen LogP contribution in [0.2, 0.25) is 0 Å². The molecule has 0 aromatic heterocycles. The summed E-state index contributed by atoms with van der Waals surface area (Å²) < 4.78 is 5.11. The molecule has 0 radical (unpaired) electrons. The first kappa shape index (κ1) is 14.6. The van der Waals surface area contributed by atoms with Crippen molar-refractivity contribution in [1.29, 1.82) is 0 Å². The second-order valence-electron chi connectivity index (χ2n) is 4.50. The van der Waals surface area contributed by atoms with Gasteiger partial charge in [-0.1, -0.05) is 24.3 Å². The third-order valence-electron chi connectivity index (χ3n) is 2.71. The lowest BCUT2D eigenvalue weighted by molar-refractivity contribution is -0.130. The molecule has 0 N–H and O–H groups in total. The maximum Gasteiger partial charge on any atom is 0.254 e. The Balaban J connectivity index is 2.21. The summed E-state index contributed by atoms with van der Waals surface area (Å²) in [7, 11) is 3.32. The van der Waals surface area contributed by atoms with Crippen molar-refractivity contribution in [3.8, 4) is 0 Å². The smallest absolute Gasteiger partial charge is 0.254 e. The van der Waals surface area contributed by atoms with Gasteiger partial charge in [-0.05, 0) is 19.8 Å². The van der Waals surface area contributed by atoms with Gasteiger partial charge in [0.2, 0.25) is 0 Å². The van der Waals surface area contributed by atoms with E-state index in [1.165, 1.54) is 4.90 Å². The van der Waals surface area contributed by atoms with E-state index in [0.717, 1.165) is 12.8 Å². The van der Waals surface area contributed by atoms with Gasteiger partial charge in [0.15, 0.2) is 18.0 Å². The van der Waals surface area contributed by atoms with Gasteiger partial charge >= 0.3 is 0 Å². The summed E-state index contributed by atoms with van der Waals surface area (Å²) in [4.78, 5) is 24.6. The van der Waals surface area contributed by atoms with E-state index in [-0.39, 0.29) is 11.7 Å². The normalized spacial score (nSPS) is 22.6. The fraction of sp³-hybridized carbons (Fsp3) is 0.571. The Kier molecular flexibility index (Phi) is 5.78. The predicted octanol–water partition coefficient (Wildman–Crippen LogP) is 1.71. The largest absolute Gasteiger partial charge is 0.351 e. The van der Waals surface area contributed by atoms with Crippen LogP contribution in [-0.4, -0.2) is 42.9 Å². The molecule has 0 aromatic rings. The second-order valence-corrected chi connectivity index (χ2v) is 4.50. The molecule has 0 aliphatic carbocycles. The molecule has 18 heavy (non-hydrogen) atoms. The molecule has 1 aliphatic heterocycles. The maximum atomic E-state index is 11.7. The van der Waals surface area contributed by atoms with Crippen molar-refractivity contribution in [3.63, 3.8) is 0 Å². The first-order chi connectivity index (χ1) is 8.57. The van der Waals surface area contributed by atoms with Gasteiger partial charge in [0, 0.05) is 20.5 Å². The van der Waals surface area contributed by atoms with Crippen LogP contribution >= 0.6 is 0 Å². The van der Waals surface area contributed by atoms with Crippen LogP contribution in [0.5, 0.6) is 0 Å². The number of amides is 1. The van der Waals surface area contributed by atoms with Gasteiger partial charge in [0.05, 0.1) is 0 Å². The van der Waals surface area contributed by atoms with Crippen LogP contribution in [0, 0.1) is 0 Å². The number of unbranched alkanes of at least 4 members (excludes halogenated alkanes) is 1. The molecule has 1 amide bonds. The third-order valence-corrected chi connectivity index (χ3v) is 2.71. The zero-order valence-electron chi connectivity index (χ0n) is 11.3. The van der Waals surface area contributed by atoms with Gasteiger partial charge in [-0.3, -0.25) is 9.59 Å². The minimum Gasteiger partial charge on any atom is -0.351 e. The second kappa shape index (κ2) is 7.11. The number of likely N-dealkylation sites (N-methyl/N-ethyl adjacent to an activating group) is 1. The lowest BCUT2D eigenvalue weighted by Gasteiger charge is -2.06. The number of carbonyl (C=O) groups is 2. The van der Waals surface area contributed by atoms with E-state index in [1.54, 1.807) is 14.1 Å². The van der Waals surface area contributed by atoms with Crippen molar-refractivity contribution in [2.45, 2.75) is 38.4 Å². The van der Waals surface area contributed by atoms with Crippen molar-refractivity contribution >= 4 is 11.7 Å². The standard InChI is InChI=1S/C14H21NO3/c1-4-5-6-7-8-9-10-11(16)12-13(18-12)14(17)15(2)3/h4-5,8-9,12-13H,6-7,10H2,1-3H3/b5-4+,9-8+. The predicted molar refractivity (Wildman–Crippen MR) is 70.2 cm³/mol. The molecule has 1 fully saturated rings. The molecule has 0 saturated carbocycles. The summed E-state index contributed by atoms with van der Waals surface area (Å²) in [6.45, 7) is 1.99. The summed E-state index contributed by atoms with van der Waals surface area (Å²) in [6.07, 6.45) is 9.12.